The molecule has 1 rings (SSSR count). The zero-order chi connectivity index (χ0) is 12.4. The second kappa shape index (κ2) is 4.69. The molecule has 1 atom stereocenters. The third-order valence-electron chi connectivity index (χ3n) is 2.73. The van der Waals surface area contributed by atoms with Gasteiger partial charge in [-0.2, -0.15) is 22.0 Å². The van der Waals surface area contributed by atoms with Crippen molar-refractivity contribution in [1.82, 2.24) is 5.32 Å². The van der Waals surface area contributed by atoms with E-state index in [-0.39, 0.29) is 5.57 Å². The van der Waals surface area contributed by atoms with E-state index in [4.69, 9.17) is 0 Å². The number of hydrogen-bond acceptors (Lipinski definition) is 1. The van der Waals surface area contributed by atoms with Gasteiger partial charge in [0.05, 0.1) is 0 Å². The molecule has 0 heterocycles. The molecule has 0 radical (unpaired) electrons. The highest BCUT2D eigenvalue weighted by molar-refractivity contribution is 5.18. The number of nitrogens with one attached hydrogen (secondary N) is 1. The van der Waals surface area contributed by atoms with Crippen molar-refractivity contribution in [3.8, 4) is 0 Å². The van der Waals surface area contributed by atoms with Crippen LogP contribution in [0.25, 0.3) is 0 Å². The van der Waals surface area contributed by atoms with Crippen LogP contribution in [-0.4, -0.2) is 25.2 Å². The fraction of sp³-hybridized carbons (Fsp3) is 0.800. The van der Waals surface area contributed by atoms with Gasteiger partial charge in [0.1, 0.15) is 6.04 Å². The van der Waals surface area contributed by atoms with Gasteiger partial charge in [0.15, 0.2) is 0 Å². The Hall–Kier alpha value is -0.650. The fourth-order valence-corrected chi connectivity index (χ4v) is 1.89. The summed E-state index contributed by atoms with van der Waals surface area (Å²) >= 11 is 0. The predicted molar refractivity (Wildman–Crippen MR) is 50.4 cm³/mol. The summed E-state index contributed by atoms with van der Waals surface area (Å²) in [5.41, 5.74) is 0.163. The monoisotopic (exact) mass is 243 g/mol. The lowest BCUT2D eigenvalue weighted by atomic mass is 9.90. The summed E-state index contributed by atoms with van der Waals surface area (Å²) in [6.45, 7) is 0. The van der Waals surface area contributed by atoms with Crippen LogP contribution in [0.15, 0.2) is 11.6 Å². The lowest BCUT2D eigenvalue weighted by Crippen LogP contribution is -2.54. The minimum Gasteiger partial charge on any atom is -0.308 e. The molecule has 0 spiro atoms. The molecule has 94 valence electrons. The summed E-state index contributed by atoms with van der Waals surface area (Å²) < 4.78 is 62.9. The van der Waals surface area contributed by atoms with Gasteiger partial charge in [-0.05, 0) is 32.7 Å². The van der Waals surface area contributed by atoms with E-state index >= 15 is 0 Å². The van der Waals surface area contributed by atoms with Gasteiger partial charge < -0.3 is 5.32 Å². The Balaban J connectivity index is 2.93. The first kappa shape index (κ1) is 13.4. The highest BCUT2D eigenvalue weighted by Gasteiger charge is 2.62. The Kier molecular flexibility index (Phi) is 3.93. The van der Waals surface area contributed by atoms with Crippen LogP contribution in [-0.2, 0) is 0 Å². The maximum atomic E-state index is 13.2. The van der Waals surface area contributed by atoms with Crippen molar-refractivity contribution in [1.29, 1.82) is 0 Å². The predicted octanol–water partition coefficient (Wildman–Crippen LogP) is 3.27. The first-order valence-corrected chi connectivity index (χ1v) is 5.11. The average Bonchev–Trinajstić information content (AvgIpc) is 2.18. The molecule has 6 heteroatoms. The van der Waals surface area contributed by atoms with Crippen molar-refractivity contribution < 1.29 is 22.0 Å². The largest absolute Gasteiger partial charge is 0.455 e. The minimum absolute atomic E-state index is 0.163. The van der Waals surface area contributed by atoms with Gasteiger partial charge in [0, 0.05) is 0 Å². The van der Waals surface area contributed by atoms with Crippen LogP contribution >= 0.6 is 0 Å². The number of allylic oxidation sites excluding steroid dienone is 1. The van der Waals surface area contributed by atoms with E-state index in [0.717, 1.165) is 13.5 Å². The first-order chi connectivity index (χ1) is 7.30. The second-order valence-electron chi connectivity index (χ2n) is 3.87. The lowest BCUT2D eigenvalue weighted by Gasteiger charge is -2.31. The molecule has 0 aromatic heterocycles. The smallest absolute Gasteiger partial charge is 0.308 e. The van der Waals surface area contributed by atoms with E-state index in [1.165, 1.54) is 6.08 Å². The number of likely N-dealkylation sites (N-methyl/N-ethyl adjacent to an activating group) is 1. The molecule has 1 aliphatic rings. The first-order valence-electron chi connectivity index (χ1n) is 5.11. The molecular weight excluding hydrogens is 229 g/mol. The minimum atomic E-state index is -5.51. The maximum Gasteiger partial charge on any atom is 0.455 e. The van der Waals surface area contributed by atoms with E-state index in [1.54, 1.807) is 0 Å². The van der Waals surface area contributed by atoms with Crippen LogP contribution in [0, 0.1) is 0 Å². The van der Waals surface area contributed by atoms with Crippen molar-refractivity contribution in [2.75, 3.05) is 7.05 Å². The van der Waals surface area contributed by atoms with Crippen LogP contribution in [0.4, 0.5) is 22.0 Å². The molecule has 1 N–H and O–H groups in total. The molecule has 0 amide bonds. The highest BCUT2D eigenvalue weighted by Crippen LogP contribution is 2.41. The third kappa shape index (κ3) is 2.53. The highest BCUT2D eigenvalue weighted by atomic mass is 19.4. The van der Waals surface area contributed by atoms with E-state index in [9.17, 15) is 22.0 Å². The number of hydrogen-bond donors (Lipinski definition) is 1. The maximum absolute atomic E-state index is 13.2. The van der Waals surface area contributed by atoms with E-state index < -0.39 is 18.1 Å². The molecule has 0 aromatic rings. The summed E-state index contributed by atoms with van der Waals surface area (Å²) in [7, 11) is 1.12. The van der Waals surface area contributed by atoms with Gasteiger partial charge in [0.2, 0.25) is 0 Å². The molecule has 0 saturated heterocycles. The van der Waals surface area contributed by atoms with Gasteiger partial charge >= 0.3 is 12.1 Å². The Morgan fingerprint density at radius 3 is 2.19 bits per heavy atom. The molecule has 0 saturated carbocycles. The zero-order valence-electron chi connectivity index (χ0n) is 8.87. The quantitative estimate of drug-likeness (QED) is 0.592. The van der Waals surface area contributed by atoms with Crippen LogP contribution in [0.2, 0.25) is 0 Å². The molecule has 0 aliphatic heterocycles. The number of rotatable bonds is 3. The second-order valence-corrected chi connectivity index (χ2v) is 3.87. The molecule has 1 aliphatic carbocycles. The summed E-state index contributed by atoms with van der Waals surface area (Å²) in [6.07, 6.45) is -1.64. The number of halogens is 5. The summed E-state index contributed by atoms with van der Waals surface area (Å²) in [5, 5.41) is 2.08. The Bertz CT molecular complexity index is 269. The van der Waals surface area contributed by atoms with Crippen molar-refractivity contribution in [3.05, 3.63) is 11.6 Å². The molecular formula is C10H14F5N. The zero-order valence-corrected chi connectivity index (χ0v) is 8.87. The van der Waals surface area contributed by atoms with Gasteiger partial charge in [-0.15, -0.1) is 0 Å². The average molecular weight is 243 g/mol. The van der Waals surface area contributed by atoms with E-state index in [0.29, 0.717) is 19.3 Å². The van der Waals surface area contributed by atoms with Crippen LogP contribution in [0.3, 0.4) is 0 Å². The molecule has 0 bridgehead atoms. The normalized spacial score (nSPS) is 20.5. The topological polar surface area (TPSA) is 12.0 Å². The molecule has 1 unspecified atom stereocenters. The van der Waals surface area contributed by atoms with Crippen molar-refractivity contribution in [3.63, 3.8) is 0 Å². The van der Waals surface area contributed by atoms with Gasteiger partial charge in [-0.25, -0.2) is 0 Å². The summed E-state index contributed by atoms with van der Waals surface area (Å²) in [4.78, 5) is 0. The SMILES string of the molecule is CNC(C1=CCCCC1)C(F)(F)C(F)(F)F. The van der Waals surface area contributed by atoms with Crippen LogP contribution in [0.1, 0.15) is 25.7 Å². The van der Waals surface area contributed by atoms with Crippen LogP contribution in [0.5, 0.6) is 0 Å². The summed E-state index contributed by atoms with van der Waals surface area (Å²) in [5.74, 6) is -4.72. The molecule has 0 fully saturated rings. The fourth-order valence-electron chi connectivity index (χ4n) is 1.89. The Labute approximate surface area is 90.7 Å². The Morgan fingerprint density at radius 2 is 1.81 bits per heavy atom. The van der Waals surface area contributed by atoms with E-state index in [2.05, 4.69) is 5.32 Å². The van der Waals surface area contributed by atoms with Crippen molar-refractivity contribution >= 4 is 0 Å². The lowest BCUT2D eigenvalue weighted by molar-refractivity contribution is -0.288. The Morgan fingerprint density at radius 1 is 1.19 bits per heavy atom. The van der Waals surface area contributed by atoms with Gasteiger partial charge in [0.25, 0.3) is 0 Å². The van der Waals surface area contributed by atoms with E-state index in [1.807, 2.05) is 0 Å². The molecule has 16 heavy (non-hydrogen) atoms. The van der Waals surface area contributed by atoms with Crippen molar-refractivity contribution in [2.45, 2.75) is 43.8 Å². The molecule has 0 aromatic carbocycles. The third-order valence-corrected chi connectivity index (χ3v) is 2.73. The van der Waals surface area contributed by atoms with Gasteiger partial charge in [-0.1, -0.05) is 11.6 Å². The van der Waals surface area contributed by atoms with Crippen molar-refractivity contribution in [2.24, 2.45) is 0 Å². The standard InChI is InChI=1S/C10H14F5N/c1-16-8(7-5-3-2-4-6-7)9(11,12)10(13,14)15/h5,8,16H,2-4,6H2,1H3. The summed E-state index contributed by atoms with van der Waals surface area (Å²) in [6, 6.07) is -1.94. The van der Waals surface area contributed by atoms with Crippen LogP contribution < -0.4 is 5.32 Å². The molecule has 1 nitrogen and oxygen atoms in total. The van der Waals surface area contributed by atoms with Gasteiger partial charge in [-0.3, -0.25) is 0 Å². The number of alkyl halides is 5.